The highest BCUT2D eigenvalue weighted by Gasteiger charge is 2.48. The van der Waals surface area contributed by atoms with E-state index in [-0.39, 0.29) is 24.1 Å². The van der Waals surface area contributed by atoms with Crippen LogP contribution >= 0.6 is 0 Å². The van der Waals surface area contributed by atoms with E-state index >= 15 is 0 Å². The third kappa shape index (κ3) is 2.82. The van der Waals surface area contributed by atoms with E-state index in [0.29, 0.717) is 30.7 Å². The summed E-state index contributed by atoms with van der Waals surface area (Å²) in [4.78, 5) is 9.53. The second-order valence-electron chi connectivity index (χ2n) is 8.64. The van der Waals surface area contributed by atoms with Gasteiger partial charge in [0.05, 0.1) is 11.8 Å². The van der Waals surface area contributed by atoms with E-state index in [2.05, 4.69) is 27.9 Å². The Bertz CT molecular complexity index is 1380. The Kier molecular flexibility index (Phi) is 3.94. The largest absolute Gasteiger partial charge is 0.486 e. The zero-order valence-corrected chi connectivity index (χ0v) is 18.1. The molecule has 0 spiro atoms. The first kappa shape index (κ1) is 18.8. The molecule has 4 atom stereocenters. The number of nitrogens with one attached hydrogen (secondary N) is 2. The number of nitrogens with zero attached hydrogens (tertiary/aromatic N) is 6. The zero-order valence-electron chi connectivity index (χ0n) is 18.1. The lowest BCUT2D eigenvalue weighted by molar-refractivity contribution is 0.0969. The molecule has 0 saturated carbocycles. The maximum Gasteiger partial charge on any atom is 0.224 e. The van der Waals surface area contributed by atoms with Crippen LogP contribution in [-0.2, 0) is 7.05 Å². The molecule has 6 heterocycles. The van der Waals surface area contributed by atoms with Crippen LogP contribution in [0.4, 0.5) is 0 Å². The van der Waals surface area contributed by atoms with Crippen molar-refractivity contribution < 1.29 is 14.2 Å². The van der Waals surface area contributed by atoms with Crippen LogP contribution in [0.2, 0.25) is 0 Å². The van der Waals surface area contributed by atoms with E-state index in [4.69, 9.17) is 24.3 Å². The molecule has 4 unspecified atom stereocenters. The Labute approximate surface area is 188 Å². The summed E-state index contributed by atoms with van der Waals surface area (Å²) in [6, 6.07) is 5.93. The van der Waals surface area contributed by atoms with Gasteiger partial charge in [-0.15, -0.1) is 5.10 Å². The Morgan fingerprint density at radius 2 is 2.00 bits per heavy atom. The lowest BCUT2D eigenvalue weighted by Crippen LogP contribution is -2.42. The third-order valence-corrected chi connectivity index (χ3v) is 6.59. The number of aromatic nitrogens is 6. The first-order chi connectivity index (χ1) is 16.2. The Morgan fingerprint density at radius 3 is 2.85 bits per heavy atom. The second kappa shape index (κ2) is 6.90. The molecular formula is C22H22N8O3. The number of hydrogen-bond donors (Lipinski definition) is 2. The smallest absolute Gasteiger partial charge is 0.224 e. The number of rotatable bonds is 2. The fourth-order valence-electron chi connectivity index (χ4n) is 5.07. The second-order valence-corrected chi connectivity index (χ2v) is 8.64. The van der Waals surface area contributed by atoms with Crippen molar-refractivity contribution in [1.29, 1.82) is 0 Å². The van der Waals surface area contributed by atoms with Crippen LogP contribution in [0, 0.1) is 5.92 Å². The SMILES string of the molecule is CC1NNC2Oc3ncn4nc(-c5ccc6c(c5)OCCO6)nc4c3C(c3cnn(C)c3)C12. The van der Waals surface area contributed by atoms with Gasteiger partial charge in [0, 0.05) is 36.7 Å². The summed E-state index contributed by atoms with van der Waals surface area (Å²) < 4.78 is 21.2. The quantitative estimate of drug-likeness (QED) is 0.470. The van der Waals surface area contributed by atoms with Gasteiger partial charge in [-0.2, -0.15) is 5.10 Å². The lowest BCUT2D eigenvalue weighted by Gasteiger charge is -2.35. The minimum absolute atomic E-state index is 0.0153. The van der Waals surface area contributed by atoms with Gasteiger partial charge < -0.3 is 14.2 Å². The molecule has 1 saturated heterocycles. The van der Waals surface area contributed by atoms with Crippen molar-refractivity contribution in [3.63, 3.8) is 0 Å². The number of aryl methyl sites for hydroxylation is 1. The molecule has 168 valence electrons. The minimum atomic E-state index is -0.201. The minimum Gasteiger partial charge on any atom is -0.486 e. The van der Waals surface area contributed by atoms with Crippen LogP contribution < -0.4 is 25.1 Å². The number of fused-ring (bicyclic) bond motifs is 5. The average molecular weight is 446 g/mol. The van der Waals surface area contributed by atoms with E-state index in [1.54, 1.807) is 10.8 Å². The number of hydrazine groups is 1. The van der Waals surface area contributed by atoms with E-state index < -0.39 is 0 Å². The Hall–Kier alpha value is -3.70. The van der Waals surface area contributed by atoms with Gasteiger partial charge in [0.25, 0.3) is 0 Å². The van der Waals surface area contributed by atoms with Gasteiger partial charge in [-0.3, -0.25) is 10.1 Å². The topological polar surface area (TPSA) is 113 Å². The van der Waals surface area contributed by atoms with Crippen molar-refractivity contribution in [2.75, 3.05) is 13.2 Å². The van der Waals surface area contributed by atoms with Gasteiger partial charge in [0.15, 0.2) is 29.2 Å². The van der Waals surface area contributed by atoms with Gasteiger partial charge >= 0.3 is 0 Å². The van der Waals surface area contributed by atoms with Crippen LogP contribution in [0.25, 0.3) is 17.0 Å². The maximum atomic E-state index is 6.25. The highest BCUT2D eigenvalue weighted by atomic mass is 16.6. The van der Waals surface area contributed by atoms with Crippen LogP contribution in [0.15, 0.2) is 36.9 Å². The third-order valence-electron chi connectivity index (χ3n) is 6.59. The van der Waals surface area contributed by atoms with Gasteiger partial charge in [0.2, 0.25) is 5.88 Å². The summed E-state index contributed by atoms with van der Waals surface area (Å²) in [6.07, 6.45) is 5.40. The van der Waals surface area contributed by atoms with Crippen LogP contribution in [0.1, 0.15) is 24.0 Å². The summed E-state index contributed by atoms with van der Waals surface area (Å²) in [7, 11) is 1.92. The summed E-state index contributed by atoms with van der Waals surface area (Å²) in [5, 5.41) is 9.14. The molecule has 3 aliphatic heterocycles. The standard InChI is InChI=1S/C22H22N8O3/c1-11-16-17(13-8-24-29(2)9-13)18-20-25-19(12-3-4-14-15(7-12)32-6-5-31-14)28-30(20)10-23-21(18)33-22(16)27-26-11/h3-4,7-11,16-17,22,26-27H,5-6H2,1-2H3. The predicted octanol–water partition coefficient (Wildman–Crippen LogP) is 1.26. The molecule has 1 aromatic carbocycles. The highest BCUT2D eigenvalue weighted by molar-refractivity contribution is 5.66. The van der Waals surface area contributed by atoms with Crippen LogP contribution in [-0.4, -0.2) is 54.8 Å². The van der Waals surface area contributed by atoms with E-state index in [0.717, 1.165) is 28.1 Å². The summed E-state index contributed by atoms with van der Waals surface area (Å²) in [5.74, 6) is 2.70. The molecule has 0 amide bonds. The molecule has 3 aliphatic rings. The van der Waals surface area contributed by atoms with Gasteiger partial charge in [0.1, 0.15) is 19.5 Å². The monoisotopic (exact) mass is 446 g/mol. The molecular weight excluding hydrogens is 424 g/mol. The normalized spacial score (nSPS) is 25.5. The zero-order chi connectivity index (χ0) is 22.1. The van der Waals surface area contributed by atoms with Gasteiger partial charge in [-0.1, -0.05) is 0 Å². The van der Waals surface area contributed by atoms with Crippen molar-refractivity contribution in [3.05, 3.63) is 48.0 Å². The van der Waals surface area contributed by atoms with Crippen LogP contribution in [0.5, 0.6) is 17.4 Å². The first-order valence-electron chi connectivity index (χ1n) is 11.0. The molecule has 0 bridgehead atoms. The fraction of sp³-hybridized carbons (Fsp3) is 0.364. The van der Waals surface area contributed by atoms with Crippen molar-refractivity contribution in [3.8, 4) is 28.8 Å². The summed E-state index contributed by atoms with van der Waals surface area (Å²) in [6.45, 7) is 3.23. The average Bonchev–Trinajstić information content (AvgIpc) is 3.56. The molecule has 11 heteroatoms. The first-order valence-corrected chi connectivity index (χ1v) is 11.0. The Morgan fingerprint density at radius 1 is 1.12 bits per heavy atom. The van der Waals surface area contributed by atoms with Gasteiger partial charge in [-0.25, -0.2) is 19.9 Å². The molecule has 7 rings (SSSR count). The Balaban J connectivity index is 1.40. The fourth-order valence-corrected chi connectivity index (χ4v) is 5.07. The lowest BCUT2D eigenvalue weighted by atomic mass is 9.77. The molecule has 2 N–H and O–H groups in total. The summed E-state index contributed by atoms with van der Waals surface area (Å²) >= 11 is 0. The van der Waals surface area contributed by atoms with Crippen molar-refractivity contribution in [2.45, 2.75) is 25.1 Å². The van der Waals surface area contributed by atoms with Crippen molar-refractivity contribution in [1.82, 2.24) is 40.2 Å². The van der Waals surface area contributed by atoms with Crippen molar-refractivity contribution >= 4 is 5.65 Å². The molecule has 33 heavy (non-hydrogen) atoms. The molecule has 0 aliphatic carbocycles. The van der Waals surface area contributed by atoms with Gasteiger partial charge in [-0.05, 0) is 30.7 Å². The summed E-state index contributed by atoms with van der Waals surface area (Å²) in [5.41, 5.74) is 10.1. The van der Waals surface area contributed by atoms with E-state index in [1.165, 1.54) is 0 Å². The maximum absolute atomic E-state index is 6.25. The molecule has 4 aromatic rings. The van der Waals surface area contributed by atoms with E-state index in [9.17, 15) is 0 Å². The van der Waals surface area contributed by atoms with Crippen molar-refractivity contribution in [2.24, 2.45) is 13.0 Å². The highest BCUT2D eigenvalue weighted by Crippen LogP contribution is 2.46. The molecule has 3 aromatic heterocycles. The molecule has 0 radical (unpaired) electrons. The van der Waals surface area contributed by atoms with Crippen LogP contribution in [0.3, 0.4) is 0 Å². The number of benzene rings is 1. The number of hydrogen-bond acceptors (Lipinski definition) is 9. The van der Waals surface area contributed by atoms with E-state index in [1.807, 2.05) is 42.3 Å². The predicted molar refractivity (Wildman–Crippen MR) is 116 cm³/mol. The molecule has 1 fully saturated rings. The molecule has 11 nitrogen and oxygen atoms in total. The number of ether oxygens (including phenoxy) is 3.